The van der Waals surface area contributed by atoms with Crippen molar-refractivity contribution in [3.05, 3.63) is 0 Å². The maximum atomic E-state index is 5.55. The fourth-order valence-corrected chi connectivity index (χ4v) is 3.46. The summed E-state index contributed by atoms with van der Waals surface area (Å²) in [6.07, 6.45) is 1.04. The normalized spacial score (nSPS) is 12.0. The van der Waals surface area contributed by atoms with Crippen LogP contribution in [0.1, 0.15) is 27.2 Å². The van der Waals surface area contributed by atoms with Crippen molar-refractivity contribution in [3.8, 4) is 0 Å². The lowest BCUT2D eigenvalue weighted by Crippen LogP contribution is -2.44. The van der Waals surface area contributed by atoms with Crippen molar-refractivity contribution in [2.45, 2.75) is 33.2 Å². The molecular formula is C8H20O3Si. The van der Waals surface area contributed by atoms with Gasteiger partial charge in [-0.25, -0.2) is 0 Å². The van der Waals surface area contributed by atoms with Gasteiger partial charge >= 0.3 is 8.80 Å². The highest BCUT2D eigenvalue weighted by molar-refractivity contribution is 6.60. The molecule has 4 heteroatoms. The molecule has 0 radical (unpaired) electrons. The van der Waals surface area contributed by atoms with Crippen LogP contribution < -0.4 is 0 Å². The van der Waals surface area contributed by atoms with Crippen LogP contribution in [-0.4, -0.2) is 29.1 Å². The second kappa shape index (κ2) is 6.60. The van der Waals surface area contributed by atoms with E-state index in [9.17, 15) is 0 Å². The minimum Gasteiger partial charge on any atom is -0.377 e. The number of hydrogen-bond donors (Lipinski definition) is 0. The highest BCUT2D eigenvalue weighted by Gasteiger charge is 2.37. The van der Waals surface area contributed by atoms with Crippen LogP contribution in [0.4, 0.5) is 0 Å². The van der Waals surface area contributed by atoms with Gasteiger partial charge in [-0.1, -0.05) is 13.3 Å². The molecule has 74 valence electrons. The fraction of sp³-hybridized carbons (Fsp3) is 1.00. The zero-order valence-corrected chi connectivity index (χ0v) is 9.55. The molecule has 0 amide bonds. The van der Waals surface area contributed by atoms with E-state index in [-0.39, 0.29) is 0 Å². The van der Waals surface area contributed by atoms with Crippen LogP contribution in [0.3, 0.4) is 0 Å². The SMILES string of the molecule is CCC[Si](OC)(OCC)OCC. The van der Waals surface area contributed by atoms with Crippen LogP contribution in [0, 0.1) is 0 Å². The van der Waals surface area contributed by atoms with Gasteiger partial charge < -0.3 is 13.3 Å². The Labute approximate surface area is 76.4 Å². The maximum absolute atomic E-state index is 5.55. The molecule has 0 aliphatic rings. The first kappa shape index (κ1) is 12.1. The lowest BCUT2D eigenvalue weighted by Gasteiger charge is -2.26. The number of rotatable bonds is 7. The molecule has 0 heterocycles. The third-order valence-corrected chi connectivity index (χ3v) is 4.79. The van der Waals surface area contributed by atoms with Crippen LogP contribution in [0.25, 0.3) is 0 Å². The summed E-state index contributed by atoms with van der Waals surface area (Å²) in [6.45, 7) is 7.38. The highest BCUT2D eigenvalue weighted by Crippen LogP contribution is 2.16. The molecule has 0 fully saturated rings. The molecule has 0 saturated carbocycles. The lowest BCUT2D eigenvalue weighted by molar-refractivity contribution is 0.0865. The molecule has 0 aromatic carbocycles. The first-order valence-corrected chi connectivity index (χ1v) is 6.50. The van der Waals surface area contributed by atoms with Gasteiger partial charge in [-0.3, -0.25) is 0 Å². The zero-order chi connectivity index (χ0) is 9.45. The van der Waals surface area contributed by atoms with E-state index in [2.05, 4.69) is 6.92 Å². The monoisotopic (exact) mass is 192 g/mol. The van der Waals surface area contributed by atoms with Crippen molar-refractivity contribution in [1.82, 2.24) is 0 Å². The average molecular weight is 192 g/mol. The van der Waals surface area contributed by atoms with E-state index in [0.29, 0.717) is 13.2 Å². The van der Waals surface area contributed by atoms with Crippen LogP contribution >= 0.6 is 0 Å². The summed E-state index contributed by atoms with van der Waals surface area (Å²) in [5.41, 5.74) is 0. The molecule has 0 bridgehead atoms. The third kappa shape index (κ3) is 3.67. The molecule has 12 heavy (non-hydrogen) atoms. The Morgan fingerprint density at radius 2 is 1.50 bits per heavy atom. The molecule has 3 nitrogen and oxygen atoms in total. The average Bonchev–Trinajstić information content (AvgIpc) is 2.06. The van der Waals surface area contributed by atoms with Crippen molar-refractivity contribution < 1.29 is 13.3 Å². The minimum atomic E-state index is -2.27. The molecule has 0 rings (SSSR count). The van der Waals surface area contributed by atoms with Gasteiger partial charge in [0.25, 0.3) is 0 Å². The summed E-state index contributed by atoms with van der Waals surface area (Å²) >= 11 is 0. The van der Waals surface area contributed by atoms with Gasteiger partial charge in [-0.2, -0.15) is 0 Å². The second-order valence-corrected chi connectivity index (χ2v) is 5.35. The van der Waals surface area contributed by atoms with Crippen molar-refractivity contribution in [1.29, 1.82) is 0 Å². The molecule has 0 aliphatic heterocycles. The molecule has 0 aromatic rings. The summed E-state index contributed by atoms with van der Waals surface area (Å²) in [6, 6.07) is 0.908. The Bertz CT molecular complexity index is 91.5. The molecule has 0 unspecified atom stereocenters. The quantitative estimate of drug-likeness (QED) is 0.578. The lowest BCUT2D eigenvalue weighted by atomic mass is 10.6. The summed E-state index contributed by atoms with van der Waals surface area (Å²) in [4.78, 5) is 0. The fourth-order valence-electron chi connectivity index (χ4n) is 1.15. The molecule has 0 aromatic heterocycles. The van der Waals surface area contributed by atoms with Gasteiger partial charge in [0.2, 0.25) is 0 Å². The second-order valence-electron chi connectivity index (χ2n) is 2.50. The topological polar surface area (TPSA) is 27.7 Å². The number of hydrogen-bond acceptors (Lipinski definition) is 3. The Morgan fingerprint density at radius 3 is 1.75 bits per heavy atom. The Balaban J connectivity index is 4.06. The molecule has 0 aliphatic carbocycles. The molecular weight excluding hydrogens is 172 g/mol. The molecule has 0 spiro atoms. The van der Waals surface area contributed by atoms with Gasteiger partial charge in [-0.05, 0) is 13.8 Å². The first-order valence-electron chi connectivity index (χ1n) is 4.57. The maximum Gasteiger partial charge on any atom is 0.500 e. The van der Waals surface area contributed by atoms with E-state index in [0.717, 1.165) is 12.5 Å². The Hall–Kier alpha value is 0.0969. The van der Waals surface area contributed by atoms with Crippen molar-refractivity contribution in [2.24, 2.45) is 0 Å². The van der Waals surface area contributed by atoms with Gasteiger partial charge in [0, 0.05) is 26.4 Å². The van der Waals surface area contributed by atoms with E-state index < -0.39 is 8.80 Å². The molecule has 0 N–H and O–H groups in total. The van der Waals surface area contributed by atoms with E-state index in [4.69, 9.17) is 13.3 Å². The van der Waals surface area contributed by atoms with Gasteiger partial charge in [-0.15, -0.1) is 0 Å². The highest BCUT2D eigenvalue weighted by atomic mass is 28.4. The molecule has 0 atom stereocenters. The van der Waals surface area contributed by atoms with Crippen LogP contribution in [0.5, 0.6) is 0 Å². The Morgan fingerprint density at radius 1 is 1.00 bits per heavy atom. The summed E-state index contributed by atoms with van der Waals surface area (Å²) < 4.78 is 16.5. The van der Waals surface area contributed by atoms with Crippen LogP contribution in [0.15, 0.2) is 0 Å². The minimum absolute atomic E-state index is 0.667. The van der Waals surface area contributed by atoms with E-state index in [1.807, 2.05) is 13.8 Å². The summed E-state index contributed by atoms with van der Waals surface area (Å²) in [5, 5.41) is 0. The van der Waals surface area contributed by atoms with Gasteiger partial charge in [0.1, 0.15) is 0 Å². The van der Waals surface area contributed by atoms with E-state index in [1.54, 1.807) is 7.11 Å². The van der Waals surface area contributed by atoms with Gasteiger partial charge in [0.05, 0.1) is 0 Å². The Kier molecular flexibility index (Phi) is 6.65. The zero-order valence-electron chi connectivity index (χ0n) is 8.55. The van der Waals surface area contributed by atoms with Crippen molar-refractivity contribution >= 4 is 8.80 Å². The summed E-state index contributed by atoms with van der Waals surface area (Å²) in [5.74, 6) is 0. The predicted molar refractivity (Wildman–Crippen MR) is 51.1 cm³/mol. The standard InChI is InChI=1S/C8H20O3Si/c1-5-8-12(9-4,10-6-2)11-7-3/h5-8H2,1-4H3. The van der Waals surface area contributed by atoms with Crippen LogP contribution in [-0.2, 0) is 13.3 Å². The third-order valence-electron chi connectivity index (χ3n) is 1.60. The summed E-state index contributed by atoms with van der Waals surface area (Å²) in [7, 11) is -0.596. The van der Waals surface area contributed by atoms with Crippen molar-refractivity contribution in [2.75, 3.05) is 20.3 Å². The van der Waals surface area contributed by atoms with Crippen LogP contribution in [0.2, 0.25) is 6.04 Å². The smallest absolute Gasteiger partial charge is 0.377 e. The van der Waals surface area contributed by atoms with E-state index >= 15 is 0 Å². The predicted octanol–water partition coefficient (Wildman–Crippen LogP) is 2.05. The molecule has 0 saturated heterocycles. The largest absolute Gasteiger partial charge is 0.500 e. The van der Waals surface area contributed by atoms with E-state index in [1.165, 1.54) is 0 Å². The van der Waals surface area contributed by atoms with Gasteiger partial charge in [0.15, 0.2) is 0 Å². The van der Waals surface area contributed by atoms with Crippen molar-refractivity contribution in [3.63, 3.8) is 0 Å². The first-order chi connectivity index (χ1) is 5.74.